The molecule has 5 nitrogen and oxygen atoms in total. The van der Waals surface area contributed by atoms with E-state index < -0.39 is 15.3 Å². The van der Waals surface area contributed by atoms with Crippen LogP contribution in [0.25, 0.3) is 0 Å². The highest BCUT2D eigenvalue weighted by molar-refractivity contribution is 7.90. The Kier molecular flexibility index (Phi) is 1.95. The molecule has 0 saturated heterocycles. The largest absolute Gasteiger partial charge is 0.257 e. The maximum absolute atomic E-state index is 11.3. The van der Waals surface area contributed by atoms with Crippen molar-refractivity contribution in [3.63, 3.8) is 0 Å². The van der Waals surface area contributed by atoms with Crippen LogP contribution in [-0.4, -0.2) is 28.1 Å². The van der Waals surface area contributed by atoms with Crippen molar-refractivity contribution in [2.24, 2.45) is 0 Å². The van der Waals surface area contributed by atoms with Gasteiger partial charge in [-0.3, -0.25) is 0 Å². The van der Waals surface area contributed by atoms with Crippen molar-refractivity contribution in [3.05, 3.63) is 12.4 Å². The van der Waals surface area contributed by atoms with Gasteiger partial charge in [0.1, 0.15) is 0 Å². The van der Waals surface area contributed by atoms with Gasteiger partial charge in [0.25, 0.3) is 10.0 Å². The summed E-state index contributed by atoms with van der Waals surface area (Å²) in [6, 6.07) is 0. The van der Waals surface area contributed by atoms with Crippen LogP contribution in [0.4, 0.5) is 0 Å². The van der Waals surface area contributed by atoms with Gasteiger partial charge in [-0.1, -0.05) is 5.21 Å². The molecule has 0 aliphatic carbocycles. The van der Waals surface area contributed by atoms with Gasteiger partial charge in [0, 0.05) is 0 Å². The first-order valence-electron chi connectivity index (χ1n) is 3.16. The second kappa shape index (κ2) is 2.61. The van der Waals surface area contributed by atoms with Crippen LogP contribution in [0.1, 0.15) is 13.8 Å². The van der Waals surface area contributed by atoms with Crippen LogP contribution in [0.15, 0.2) is 12.4 Å². The Morgan fingerprint density at radius 3 is 2.45 bits per heavy atom. The molecule has 6 heteroatoms. The van der Waals surface area contributed by atoms with Gasteiger partial charge in [-0.25, -0.2) is 8.42 Å². The summed E-state index contributed by atoms with van der Waals surface area (Å²) < 4.78 is 23.4. The molecule has 0 aliphatic heterocycles. The van der Waals surface area contributed by atoms with Crippen molar-refractivity contribution in [2.75, 3.05) is 0 Å². The standard InChI is InChI=1S/C5H9N3O2S/c1-5(2)11(9,10)8-4-3-6-7-8/h3-5H,1-2H3. The van der Waals surface area contributed by atoms with Gasteiger partial charge in [0.15, 0.2) is 0 Å². The summed E-state index contributed by atoms with van der Waals surface area (Å²) in [7, 11) is -3.29. The van der Waals surface area contributed by atoms with Crippen LogP contribution in [0.2, 0.25) is 0 Å². The molecule has 0 saturated carbocycles. The van der Waals surface area contributed by atoms with E-state index in [1.165, 1.54) is 12.4 Å². The summed E-state index contributed by atoms with van der Waals surface area (Å²) in [4.78, 5) is 0. The highest BCUT2D eigenvalue weighted by Gasteiger charge is 2.18. The fourth-order valence-electron chi connectivity index (χ4n) is 0.549. The first-order valence-corrected chi connectivity index (χ1v) is 4.66. The SMILES string of the molecule is CC(C)S(=O)(=O)n1ccnn1. The quantitative estimate of drug-likeness (QED) is 0.627. The third-order valence-corrected chi connectivity index (χ3v) is 3.16. The Bertz CT molecular complexity index is 314. The molecule has 1 heterocycles. The van der Waals surface area contributed by atoms with E-state index in [9.17, 15) is 8.42 Å². The summed E-state index contributed by atoms with van der Waals surface area (Å²) in [5, 5.41) is 6.32. The molecule has 1 aromatic heterocycles. The Labute approximate surface area is 65.1 Å². The first kappa shape index (κ1) is 8.19. The molecular weight excluding hydrogens is 166 g/mol. The Balaban J connectivity index is 3.12. The Hall–Kier alpha value is -0.910. The lowest BCUT2D eigenvalue weighted by atomic mass is 10.6. The summed E-state index contributed by atoms with van der Waals surface area (Å²) >= 11 is 0. The lowest BCUT2D eigenvalue weighted by Gasteiger charge is -2.04. The van der Waals surface area contributed by atoms with Gasteiger partial charge in [-0.05, 0) is 13.8 Å². The van der Waals surface area contributed by atoms with Crippen molar-refractivity contribution >= 4 is 10.0 Å². The molecule has 62 valence electrons. The third kappa shape index (κ3) is 1.40. The average Bonchev–Trinajstić information content (AvgIpc) is 2.37. The Morgan fingerprint density at radius 1 is 1.45 bits per heavy atom. The van der Waals surface area contributed by atoms with Crippen LogP contribution >= 0.6 is 0 Å². The molecule has 0 aliphatic rings. The predicted octanol–water partition coefficient (Wildman–Crippen LogP) is -0.136. The zero-order valence-corrected chi connectivity index (χ0v) is 7.11. The fraction of sp³-hybridized carbons (Fsp3) is 0.600. The smallest absolute Gasteiger partial charge is 0.204 e. The summed E-state index contributed by atoms with van der Waals surface area (Å²) in [6.07, 6.45) is 2.65. The number of nitrogens with zero attached hydrogens (tertiary/aromatic N) is 3. The monoisotopic (exact) mass is 175 g/mol. The van der Waals surface area contributed by atoms with Gasteiger partial charge in [0.2, 0.25) is 0 Å². The first-order chi connectivity index (χ1) is 5.05. The van der Waals surface area contributed by atoms with Crippen molar-refractivity contribution in [1.29, 1.82) is 0 Å². The molecule has 0 amide bonds. The Morgan fingerprint density at radius 2 is 2.09 bits per heavy atom. The maximum atomic E-state index is 11.3. The zero-order valence-electron chi connectivity index (χ0n) is 6.30. The highest BCUT2D eigenvalue weighted by Crippen LogP contribution is 2.01. The molecule has 0 atom stereocenters. The molecule has 0 aromatic carbocycles. The molecule has 0 fully saturated rings. The van der Waals surface area contributed by atoms with Gasteiger partial charge < -0.3 is 0 Å². The molecule has 0 radical (unpaired) electrons. The zero-order chi connectivity index (χ0) is 8.48. The second-order valence-electron chi connectivity index (χ2n) is 2.37. The predicted molar refractivity (Wildman–Crippen MR) is 39.5 cm³/mol. The van der Waals surface area contributed by atoms with E-state index in [2.05, 4.69) is 10.3 Å². The van der Waals surface area contributed by atoms with E-state index >= 15 is 0 Å². The number of hydrogen-bond donors (Lipinski definition) is 0. The van der Waals surface area contributed by atoms with E-state index in [-0.39, 0.29) is 0 Å². The van der Waals surface area contributed by atoms with E-state index in [4.69, 9.17) is 0 Å². The molecule has 11 heavy (non-hydrogen) atoms. The number of rotatable bonds is 2. The van der Waals surface area contributed by atoms with Crippen molar-refractivity contribution in [1.82, 2.24) is 14.4 Å². The van der Waals surface area contributed by atoms with Gasteiger partial charge in [0.05, 0.1) is 17.6 Å². The highest BCUT2D eigenvalue weighted by atomic mass is 32.2. The molecule has 0 spiro atoms. The van der Waals surface area contributed by atoms with Crippen molar-refractivity contribution in [3.8, 4) is 0 Å². The van der Waals surface area contributed by atoms with Crippen LogP contribution in [0.3, 0.4) is 0 Å². The molecule has 0 unspecified atom stereocenters. The summed E-state index contributed by atoms with van der Waals surface area (Å²) in [6.45, 7) is 3.19. The lowest BCUT2D eigenvalue weighted by molar-refractivity contribution is 0.568. The van der Waals surface area contributed by atoms with Crippen LogP contribution in [0.5, 0.6) is 0 Å². The van der Waals surface area contributed by atoms with Crippen molar-refractivity contribution < 1.29 is 8.42 Å². The fourth-order valence-corrected chi connectivity index (χ4v) is 1.35. The summed E-state index contributed by atoms with van der Waals surface area (Å²) in [5.74, 6) is 0. The number of aromatic nitrogens is 3. The van der Waals surface area contributed by atoms with Gasteiger partial charge in [-0.15, -0.1) is 9.19 Å². The minimum Gasteiger partial charge on any atom is -0.204 e. The topological polar surface area (TPSA) is 64.8 Å². The van der Waals surface area contributed by atoms with Gasteiger partial charge in [-0.2, -0.15) is 0 Å². The lowest BCUT2D eigenvalue weighted by Crippen LogP contribution is -2.22. The molecule has 0 bridgehead atoms. The number of hydrogen-bond acceptors (Lipinski definition) is 4. The van der Waals surface area contributed by atoms with Crippen molar-refractivity contribution in [2.45, 2.75) is 19.1 Å². The minimum atomic E-state index is -3.29. The van der Waals surface area contributed by atoms with E-state index in [1.54, 1.807) is 13.8 Å². The minimum absolute atomic E-state index is 0.468. The van der Waals surface area contributed by atoms with Crippen LogP contribution < -0.4 is 0 Å². The van der Waals surface area contributed by atoms with E-state index in [0.29, 0.717) is 0 Å². The molecule has 1 rings (SSSR count). The molecule has 1 aromatic rings. The third-order valence-electron chi connectivity index (χ3n) is 1.26. The average molecular weight is 175 g/mol. The van der Waals surface area contributed by atoms with Crippen LogP contribution in [-0.2, 0) is 10.0 Å². The van der Waals surface area contributed by atoms with Crippen LogP contribution in [0, 0.1) is 0 Å². The van der Waals surface area contributed by atoms with E-state index in [1.807, 2.05) is 0 Å². The van der Waals surface area contributed by atoms with E-state index in [0.717, 1.165) is 4.09 Å². The summed E-state index contributed by atoms with van der Waals surface area (Å²) in [5.41, 5.74) is 0. The molecular formula is C5H9N3O2S. The second-order valence-corrected chi connectivity index (χ2v) is 4.72. The molecule has 0 N–H and O–H groups in total. The van der Waals surface area contributed by atoms with Gasteiger partial charge >= 0.3 is 0 Å². The normalized spacial score (nSPS) is 12.3. The maximum Gasteiger partial charge on any atom is 0.257 e.